The quantitative estimate of drug-likeness (QED) is 0.214. The van der Waals surface area contributed by atoms with Gasteiger partial charge in [-0.2, -0.15) is 0 Å². The number of unbranched alkanes of at least 4 members (excludes halogenated alkanes) is 3. The molecule has 0 aliphatic carbocycles. The predicted molar refractivity (Wildman–Crippen MR) is 95.5 cm³/mol. The van der Waals surface area contributed by atoms with E-state index in [9.17, 15) is 14.3 Å². The van der Waals surface area contributed by atoms with Crippen LogP contribution in [0.15, 0.2) is 12.2 Å². The van der Waals surface area contributed by atoms with Crippen molar-refractivity contribution < 1.29 is 27.8 Å². The molecule has 1 unspecified atom stereocenters. The van der Waals surface area contributed by atoms with Gasteiger partial charge in [-0.05, 0) is 19.8 Å². The normalized spacial score (nSPS) is 14.2. The summed E-state index contributed by atoms with van der Waals surface area (Å²) < 4.78 is 22.3. The summed E-state index contributed by atoms with van der Waals surface area (Å²) in [5.74, 6) is -0.123. The van der Waals surface area contributed by atoms with Gasteiger partial charge in [-0.25, -0.2) is 4.57 Å². The highest BCUT2D eigenvalue weighted by molar-refractivity contribution is 7.47. The lowest BCUT2D eigenvalue weighted by Crippen LogP contribution is -2.35. The van der Waals surface area contributed by atoms with Gasteiger partial charge in [-0.15, -0.1) is 0 Å². The molecule has 0 bridgehead atoms. The van der Waals surface area contributed by atoms with Crippen LogP contribution in [0.2, 0.25) is 0 Å². The summed E-state index contributed by atoms with van der Waals surface area (Å²) in [7, 11) is 2.23. The predicted octanol–water partition coefficient (Wildman–Crippen LogP) is 2.47. The fourth-order valence-corrected chi connectivity index (χ4v) is 2.66. The lowest BCUT2D eigenvalue weighted by Gasteiger charge is -2.23. The zero-order valence-electron chi connectivity index (χ0n) is 15.5. The molecule has 0 aromatic carbocycles. The molecule has 0 fully saturated rings. The molecule has 24 heavy (non-hydrogen) atoms. The molecule has 0 spiro atoms. The number of hydrogen-bond acceptors (Lipinski definition) is 4. The highest BCUT2D eigenvalue weighted by Gasteiger charge is 2.20. The van der Waals surface area contributed by atoms with Crippen molar-refractivity contribution in [2.45, 2.75) is 39.0 Å². The van der Waals surface area contributed by atoms with E-state index in [1.54, 1.807) is 6.92 Å². The smallest absolute Gasteiger partial charge is 0.352 e. The van der Waals surface area contributed by atoms with Gasteiger partial charge in [0.1, 0.15) is 0 Å². The van der Waals surface area contributed by atoms with Crippen LogP contribution in [0.3, 0.4) is 0 Å². The van der Waals surface area contributed by atoms with E-state index < -0.39 is 7.82 Å². The Morgan fingerprint density at radius 1 is 1.08 bits per heavy atom. The summed E-state index contributed by atoms with van der Waals surface area (Å²) in [6.07, 6.45) is 4.02. The van der Waals surface area contributed by atoms with E-state index in [0.29, 0.717) is 25.0 Å². The second kappa shape index (κ2) is 11.8. The van der Waals surface area contributed by atoms with Crippen molar-refractivity contribution in [3.63, 3.8) is 0 Å². The minimum Gasteiger partial charge on any atom is -0.352 e. The van der Waals surface area contributed by atoms with Gasteiger partial charge in [-0.3, -0.25) is 13.8 Å². The Morgan fingerprint density at radius 3 is 2.17 bits per heavy atom. The fraction of sp³-hybridized carbons (Fsp3) is 0.812. The molecule has 0 saturated carbocycles. The summed E-state index contributed by atoms with van der Waals surface area (Å²) in [4.78, 5) is 20.8. The Balaban J connectivity index is 3.56. The van der Waals surface area contributed by atoms with Crippen LogP contribution in [-0.2, 0) is 18.4 Å². The van der Waals surface area contributed by atoms with E-state index in [1.165, 1.54) is 0 Å². The van der Waals surface area contributed by atoms with Gasteiger partial charge in [0.05, 0.1) is 40.9 Å². The van der Waals surface area contributed by atoms with Gasteiger partial charge >= 0.3 is 7.82 Å². The first-order chi connectivity index (χ1) is 11.0. The number of amides is 1. The van der Waals surface area contributed by atoms with E-state index in [4.69, 9.17) is 9.05 Å². The number of rotatable bonds is 14. The van der Waals surface area contributed by atoms with Crippen molar-refractivity contribution in [1.82, 2.24) is 5.32 Å². The average molecular weight is 365 g/mol. The van der Waals surface area contributed by atoms with Crippen LogP contribution in [-0.4, -0.2) is 62.7 Å². The van der Waals surface area contributed by atoms with Gasteiger partial charge in [-0.1, -0.05) is 19.4 Å². The molecule has 8 heteroatoms. The monoisotopic (exact) mass is 365 g/mol. The molecule has 142 valence electrons. The Bertz CT molecular complexity index is 435. The van der Waals surface area contributed by atoms with Crippen LogP contribution < -0.4 is 5.32 Å². The first kappa shape index (κ1) is 23.3. The van der Waals surface area contributed by atoms with Crippen LogP contribution >= 0.6 is 7.82 Å². The van der Waals surface area contributed by atoms with Crippen LogP contribution in [0.1, 0.15) is 39.0 Å². The molecule has 0 aliphatic heterocycles. The number of phosphoric ester groups is 1. The molecule has 0 aromatic heterocycles. The topological polar surface area (TPSA) is 84.9 Å². The number of phosphoric acid groups is 1. The largest absolute Gasteiger partial charge is 0.472 e. The van der Waals surface area contributed by atoms with Crippen molar-refractivity contribution in [2.75, 3.05) is 47.4 Å². The molecule has 7 nitrogen and oxygen atoms in total. The summed E-state index contributed by atoms with van der Waals surface area (Å²) in [5.41, 5.74) is 0.503. The van der Waals surface area contributed by atoms with Gasteiger partial charge < -0.3 is 14.7 Å². The number of nitrogens with zero attached hydrogens (tertiary/aromatic N) is 1. The summed E-state index contributed by atoms with van der Waals surface area (Å²) in [5, 5.41) is 2.76. The SMILES string of the molecule is C=C(C)C(=O)NCCCCCCOP(=O)(O)OCCC[N+](C)(C)C. The molecule has 1 amide bonds. The van der Waals surface area contributed by atoms with Crippen LogP contribution in [0.4, 0.5) is 0 Å². The summed E-state index contributed by atoms with van der Waals surface area (Å²) in [6.45, 7) is 7.12. The second-order valence-corrected chi connectivity index (χ2v) is 8.41. The van der Waals surface area contributed by atoms with Crippen molar-refractivity contribution in [2.24, 2.45) is 0 Å². The summed E-state index contributed by atoms with van der Waals surface area (Å²) >= 11 is 0. The van der Waals surface area contributed by atoms with Gasteiger partial charge in [0, 0.05) is 18.5 Å². The zero-order chi connectivity index (χ0) is 18.6. The first-order valence-electron chi connectivity index (χ1n) is 8.39. The lowest BCUT2D eigenvalue weighted by atomic mass is 10.2. The minimum atomic E-state index is -3.93. The van der Waals surface area contributed by atoms with E-state index in [0.717, 1.165) is 30.3 Å². The molecule has 0 saturated heterocycles. The maximum absolute atomic E-state index is 11.7. The van der Waals surface area contributed by atoms with Crippen molar-refractivity contribution in [1.29, 1.82) is 0 Å². The highest BCUT2D eigenvalue weighted by Crippen LogP contribution is 2.43. The number of hydrogen-bond donors (Lipinski definition) is 2. The molecule has 0 heterocycles. The molecular formula is C16H34N2O5P+. The van der Waals surface area contributed by atoms with Crippen molar-refractivity contribution in [3.8, 4) is 0 Å². The third-order valence-electron chi connectivity index (χ3n) is 3.23. The molecule has 0 radical (unpaired) electrons. The zero-order valence-corrected chi connectivity index (χ0v) is 16.4. The van der Waals surface area contributed by atoms with Gasteiger partial charge in [0.25, 0.3) is 0 Å². The number of carbonyl (C=O) groups excluding carboxylic acids is 1. The Hall–Kier alpha value is -0.720. The molecule has 2 N–H and O–H groups in total. The Kier molecular flexibility index (Phi) is 11.4. The molecule has 0 aliphatic rings. The van der Waals surface area contributed by atoms with E-state index in [-0.39, 0.29) is 19.1 Å². The third-order valence-corrected chi connectivity index (χ3v) is 4.24. The second-order valence-electron chi connectivity index (χ2n) is 6.95. The van der Waals surface area contributed by atoms with Crippen LogP contribution in [0, 0.1) is 0 Å². The lowest BCUT2D eigenvalue weighted by molar-refractivity contribution is -0.870. The van der Waals surface area contributed by atoms with Gasteiger partial charge in [0.2, 0.25) is 5.91 Å². The summed E-state index contributed by atoms with van der Waals surface area (Å²) in [6, 6.07) is 0. The van der Waals surface area contributed by atoms with E-state index >= 15 is 0 Å². The standard InChI is InChI=1S/C16H33N2O5P/c1-15(2)16(19)17-11-8-6-7-9-13-22-24(20,21)23-14-10-12-18(3,4)5/h1,6-14H2,2-5H3,(H-,17,19,20,21)/p+1. The first-order valence-corrected chi connectivity index (χ1v) is 9.89. The van der Waals surface area contributed by atoms with Crippen molar-refractivity contribution >= 4 is 13.7 Å². The van der Waals surface area contributed by atoms with E-state index in [2.05, 4.69) is 33.0 Å². The van der Waals surface area contributed by atoms with Crippen LogP contribution in [0.5, 0.6) is 0 Å². The molecule has 1 atom stereocenters. The Morgan fingerprint density at radius 2 is 1.62 bits per heavy atom. The maximum Gasteiger partial charge on any atom is 0.472 e. The van der Waals surface area contributed by atoms with Gasteiger partial charge in [0.15, 0.2) is 0 Å². The maximum atomic E-state index is 11.7. The van der Waals surface area contributed by atoms with Crippen LogP contribution in [0.25, 0.3) is 0 Å². The fourth-order valence-electron chi connectivity index (χ4n) is 1.87. The van der Waals surface area contributed by atoms with Crippen molar-refractivity contribution in [3.05, 3.63) is 12.2 Å². The number of quaternary nitrogens is 1. The van der Waals surface area contributed by atoms with E-state index in [1.807, 2.05) is 0 Å². The Labute approximate surface area is 146 Å². The minimum absolute atomic E-state index is 0.123. The third kappa shape index (κ3) is 14.8. The number of carbonyl (C=O) groups is 1. The number of nitrogens with one attached hydrogen (secondary N) is 1. The highest BCUT2D eigenvalue weighted by atomic mass is 31.2. The molecule has 0 aromatic rings. The molecule has 0 rings (SSSR count). The average Bonchev–Trinajstić information content (AvgIpc) is 2.45. The molecular weight excluding hydrogens is 331 g/mol.